The molecule has 1 rings (SSSR count). The van der Waals surface area contributed by atoms with E-state index in [1.165, 1.54) is 0 Å². The maximum absolute atomic E-state index is 8.92. The SMILES string of the molecule is CNCc1nc(C)ccc1OCC(C)CO. The van der Waals surface area contributed by atoms with Gasteiger partial charge in [0.2, 0.25) is 0 Å². The van der Waals surface area contributed by atoms with E-state index in [0.29, 0.717) is 13.2 Å². The predicted molar refractivity (Wildman–Crippen MR) is 63.5 cm³/mol. The van der Waals surface area contributed by atoms with Gasteiger partial charge in [0.05, 0.1) is 12.3 Å². The van der Waals surface area contributed by atoms with Crippen LogP contribution in [0.3, 0.4) is 0 Å². The fourth-order valence-corrected chi connectivity index (χ4v) is 1.31. The summed E-state index contributed by atoms with van der Waals surface area (Å²) < 4.78 is 5.63. The predicted octanol–water partition coefficient (Wildman–Crippen LogP) is 1.12. The Morgan fingerprint density at radius 1 is 1.50 bits per heavy atom. The lowest BCUT2D eigenvalue weighted by Gasteiger charge is -2.13. The molecule has 1 unspecified atom stereocenters. The van der Waals surface area contributed by atoms with Crippen LogP contribution >= 0.6 is 0 Å². The number of aromatic nitrogens is 1. The molecule has 0 spiro atoms. The third kappa shape index (κ3) is 3.79. The summed E-state index contributed by atoms with van der Waals surface area (Å²) in [5, 5.41) is 12.0. The van der Waals surface area contributed by atoms with Crippen LogP contribution in [0.25, 0.3) is 0 Å². The van der Waals surface area contributed by atoms with Crippen LogP contribution in [0, 0.1) is 12.8 Å². The molecule has 1 aromatic rings. The number of aryl methyl sites for hydroxylation is 1. The quantitative estimate of drug-likeness (QED) is 0.760. The van der Waals surface area contributed by atoms with Gasteiger partial charge in [0.25, 0.3) is 0 Å². The topological polar surface area (TPSA) is 54.4 Å². The van der Waals surface area contributed by atoms with Crippen LogP contribution in [0.5, 0.6) is 5.75 Å². The summed E-state index contributed by atoms with van der Waals surface area (Å²) in [4.78, 5) is 4.42. The van der Waals surface area contributed by atoms with Crippen molar-refractivity contribution in [2.75, 3.05) is 20.3 Å². The number of rotatable bonds is 6. The smallest absolute Gasteiger partial charge is 0.142 e. The number of nitrogens with one attached hydrogen (secondary N) is 1. The van der Waals surface area contributed by atoms with Crippen LogP contribution in [-0.4, -0.2) is 30.4 Å². The molecule has 0 radical (unpaired) electrons. The molecule has 0 aromatic carbocycles. The summed E-state index contributed by atoms with van der Waals surface area (Å²) in [7, 11) is 1.88. The summed E-state index contributed by atoms with van der Waals surface area (Å²) in [5.41, 5.74) is 1.89. The van der Waals surface area contributed by atoms with Crippen LogP contribution in [0.15, 0.2) is 12.1 Å². The Morgan fingerprint density at radius 2 is 2.25 bits per heavy atom. The van der Waals surface area contributed by atoms with Crippen molar-refractivity contribution >= 4 is 0 Å². The first-order valence-corrected chi connectivity index (χ1v) is 5.52. The summed E-state index contributed by atoms with van der Waals surface area (Å²) in [6.45, 7) is 5.24. The zero-order valence-electron chi connectivity index (χ0n) is 10.2. The Labute approximate surface area is 96.7 Å². The number of pyridine rings is 1. The van der Waals surface area contributed by atoms with Crippen molar-refractivity contribution in [2.24, 2.45) is 5.92 Å². The van der Waals surface area contributed by atoms with Crippen LogP contribution in [-0.2, 0) is 6.54 Å². The van der Waals surface area contributed by atoms with Gasteiger partial charge in [-0.25, -0.2) is 0 Å². The highest BCUT2D eigenvalue weighted by atomic mass is 16.5. The Balaban J connectivity index is 2.70. The van der Waals surface area contributed by atoms with Crippen molar-refractivity contribution in [3.8, 4) is 5.75 Å². The third-order valence-electron chi connectivity index (χ3n) is 2.25. The largest absolute Gasteiger partial charge is 0.491 e. The van der Waals surface area contributed by atoms with Gasteiger partial charge in [0.1, 0.15) is 5.75 Å². The van der Waals surface area contributed by atoms with E-state index in [-0.39, 0.29) is 12.5 Å². The molecule has 2 N–H and O–H groups in total. The molecular formula is C12H20N2O2. The minimum atomic E-state index is 0.140. The van der Waals surface area contributed by atoms with Crippen LogP contribution < -0.4 is 10.1 Å². The van der Waals surface area contributed by atoms with Gasteiger partial charge >= 0.3 is 0 Å². The fraction of sp³-hybridized carbons (Fsp3) is 0.583. The van der Waals surface area contributed by atoms with Gasteiger partial charge < -0.3 is 15.2 Å². The van der Waals surface area contributed by atoms with E-state index >= 15 is 0 Å². The first-order valence-electron chi connectivity index (χ1n) is 5.52. The van der Waals surface area contributed by atoms with Crippen molar-refractivity contribution in [3.63, 3.8) is 0 Å². The number of nitrogens with zero attached hydrogens (tertiary/aromatic N) is 1. The average Bonchev–Trinajstić information content (AvgIpc) is 2.28. The van der Waals surface area contributed by atoms with Crippen molar-refractivity contribution in [2.45, 2.75) is 20.4 Å². The van der Waals surface area contributed by atoms with Gasteiger partial charge in [-0.2, -0.15) is 0 Å². The lowest BCUT2D eigenvalue weighted by Crippen LogP contribution is -2.15. The molecule has 4 heteroatoms. The average molecular weight is 224 g/mol. The minimum Gasteiger partial charge on any atom is -0.491 e. The monoisotopic (exact) mass is 224 g/mol. The van der Waals surface area contributed by atoms with Crippen LogP contribution in [0.2, 0.25) is 0 Å². The van der Waals surface area contributed by atoms with E-state index in [4.69, 9.17) is 9.84 Å². The lowest BCUT2D eigenvalue weighted by molar-refractivity contribution is 0.173. The molecule has 0 amide bonds. The van der Waals surface area contributed by atoms with Gasteiger partial charge in [0.15, 0.2) is 0 Å². The molecule has 0 aliphatic heterocycles. The molecule has 0 fully saturated rings. The molecular weight excluding hydrogens is 204 g/mol. The van der Waals surface area contributed by atoms with Crippen molar-refractivity contribution < 1.29 is 9.84 Å². The first-order chi connectivity index (χ1) is 7.67. The standard InChI is InChI=1S/C12H20N2O2/c1-9(7-15)8-16-12-5-4-10(2)14-11(12)6-13-3/h4-5,9,13,15H,6-8H2,1-3H3. The van der Waals surface area contributed by atoms with E-state index in [1.54, 1.807) is 0 Å². The van der Waals surface area contributed by atoms with Crippen molar-refractivity contribution in [1.82, 2.24) is 10.3 Å². The lowest BCUT2D eigenvalue weighted by atomic mass is 10.2. The van der Waals surface area contributed by atoms with E-state index in [1.807, 2.05) is 33.0 Å². The molecule has 1 aromatic heterocycles. The zero-order chi connectivity index (χ0) is 12.0. The molecule has 0 aliphatic carbocycles. The molecule has 90 valence electrons. The number of hydrogen-bond donors (Lipinski definition) is 2. The Kier molecular flexibility index (Phi) is 5.22. The number of aliphatic hydroxyl groups excluding tert-OH is 1. The third-order valence-corrected chi connectivity index (χ3v) is 2.25. The molecule has 0 bridgehead atoms. The van der Waals surface area contributed by atoms with Gasteiger partial charge in [-0.15, -0.1) is 0 Å². The summed E-state index contributed by atoms with van der Waals surface area (Å²) in [5.74, 6) is 0.934. The fourth-order valence-electron chi connectivity index (χ4n) is 1.31. The Hall–Kier alpha value is -1.13. The first kappa shape index (κ1) is 12.9. The Morgan fingerprint density at radius 3 is 2.88 bits per heavy atom. The van der Waals surface area contributed by atoms with E-state index in [2.05, 4.69) is 10.3 Å². The van der Waals surface area contributed by atoms with Crippen LogP contribution in [0.1, 0.15) is 18.3 Å². The Bertz CT molecular complexity index is 329. The highest BCUT2D eigenvalue weighted by molar-refractivity contribution is 5.29. The van der Waals surface area contributed by atoms with Crippen molar-refractivity contribution in [1.29, 1.82) is 0 Å². The van der Waals surface area contributed by atoms with Crippen LogP contribution in [0.4, 0.5) is 0 Å². The highest BCUT2D eigenvalue weighted by Gasteiger charge is 2.07. The molecule has 1 atom stereocenters. The number of ether oxygens (including phenoxy) is 1. The number of aliphatic hydroxyl groups is 1. The minimum absolute atomic E-state index is 0.140. The molecule has 4 nitrogen and oxygen atoms in total. The maximum Gasteiger partial charge on any atom is 0.142 e. The number of hydrogen-bond acceptors (Lipinski definition) is 4. The summed E-state index contributed by atoms with van der Waals surface area (Å²) in [6, 6.07) is 3.86. The summed E-state index contributed by atoms with van der Waals surface area (Å²) in [6.07, 6.45) is 0. The van der Waals surface area contributed by atoms with Crippen molar-refractivity contribution in [3.05, 3.63) is 23.5 Å². The van der Waals surface area contributed by atoms with Gasteiger partial charge in [-0.05, 0) is 26.1 Å². The summed E-state index contributed by atoms with van der Waals surface area (Å²) >= 11 is 0. The second-order valence-corrected chi connectivity index (χ2v) is 4.03. The van der Waals surface area contributed by atoms with E-state index in [0.717, 1.165) is 17.1 Å². The molecule has 16 heavy (non-hydrogen) atoms. The molecule has 0 saturated carbocycles. The maximum atomic E-state index is 8.92. The van der Waals surface area contributed by atoms with E-state index in [9.17, 15) is 0 Å². The van der Waals surface area contributed by atoms with Gasteiger partial charge in [-0.1, -0.05) is 6.92 Å². The second-order valence-electron chi connectivity index (χ2n) is 4.03. The molecule has 0 aliphatic rings. The molecule has 0 saturated heterocycles. The zero-order valence-corrected chi connectivity index (χ0v) is 10.2. The molecule has 1 heterocycles. The second kappa shape index (κ2) is 6.45. The van der Waals surface area contributed by atoms with E-state index < -0.39 is 0 Å². The van der Waals surface area contributed by atoms with Gasteiger partial charge in [0, 0.05) is 24.8 Å². The highest BCUT2D eigenvalue weighted by Crippen LogP contribution is 2.17. The normalized spacial score (nSPS) is 12.5. The van der Waals surface area contributed by atoms with Gasteiger partial charge in [-0.3, -0.25) is 4.98 Å².